The molecule has 0 saturated carbocycles. The van der Waals surface area contributed by atoms with E-state index in [1.807, 2.05) is 13.0 Å². The Hall–Kier alpha value is -2.15. The maximum Gasteiger partial charge on any atom is 0.127 e. The summed E-state index contributed by atoms with van der Waals surface area (Å²) in [5.74, 6) is 1.04. The Morgan fingerprint density at radius 1 is 0.795 bits per heavy atom. The standard InChI is InChI=1S/C36H51O2P/c1-10-11-17-22-36(9,39-32-21-16-15-20-29(32)26(2)37)31-24-28(34(3,4)5)23-30(35(6,7)8)33(31)38-25-27-18-13-12-14-19-27/h12-16,18-21,23-24,26,37,39H,10-11,17,22,25H2,1-9H3. The van der Waals surface area contributed by atoms with Crippen LogP contribution in [0.3, 0.4) is 0 Å². The third-order valence-corrected chi connectivity index (χ3v) is 9.48. The number of benzene rings is 3. The normalized spacial score (nSPS) is 14.9. The van der Waals surface area contributed by atoms with Crippen LogP contribution in [0, 0.1) is 0 Å². The fourth-order valence-electron chi connectivity index (χ4n) is 5.18. The molecule has 0 spiro atoms. The molecule has 0 aliphatic carbocycles. The first-order valence-electron chi connectivity index (χ1n) is 14.7. The lowest BCUT2D eigenvalue weighted by atomic mass is 9.76. The third kappa shape index (κ3) is 8.18. The average Bonchev–Trinajstić information content (AvgIpc) is 2.87. The highest BCUT2D eigenvalue weighted by molar-refractivity contribution is 7.48. The zero-order chi connectivity index (χ0) is 28.8. The van der Waals surface area contributed by atoms with Crippen LogP contribution in [0.4, 0.5) is 0 Å². The molecule has 0 fully saturated rings. The maximum atomic E-state index is 10.6. The maximum absolute atomic E-state index is 10.6. The summed E-state index contributed by atoms with van der Waals surface area (Å²) in [6.45, 7) is 21.0. The molecule has 1 N–H and O–H groups in total. The summed E-state index contributed by atoms with van der Waals surface area (Å²) in [5.41, 5.74) is 6.08. The van der Waals surface area contributed by atoms with Crippen LogP contribution in [-0.2, 0) is 22.6 Å². The molecule has 3 atom stereocenters. The van der Waals surface area contributed by atoms with Crippen molar-refractivity contribution in [2.24, 2.45) is 0 Å². The Morgan fingerprint density at radius 2 is 1.41 bits per heavy atom. The molecule has 3 aromatic rings. The minimum Gasteiger partial charge on any atom is -0.488 e. The summed E-state index contributed by atoms with van der Waals surface area (Å²) in [6.07, 6.45) is 4.15. The zero-order valence-electron chi connectivity index (χ0n) is 25.8. The lowest BCUT2D eigenvalue weighted by Crippen LogP contribution is -2.26. The minimum absolute atomic E-state index is 0.0116. The van der Waals surface area contributed by atoms with Crippen molar-refractivity contribution >= 4 is 13.9 Å². The highest BCUT2D eigenvalue weighted by Gasteiger charge is 2.36. The van der Waals surface area contributed by atoms with Crippen LogP contribution < -0.4 is 10.0 Å². The second-order valence-corrected chi connectivity index (χ2v) is 15.2. The van der Waals surface area contributed by atoms with Crippen molar-refractivity contribution < 1.29 is 9.84 Å². The predicted molar refractivity (Wildman–Crippen MR) is 171 cm³/mol. The van der Waals surface area contributed by atoms with E-state index < -0.39 is 6.10 Å². The number of aliphatic hydroxyl groups excluding tert-OH is 1. The average molecular weight is 547 g/mol. The molecule has 212 valence electrons. The van der Waals surface area contributed by atoms with Gasteiger partial charge in [-0.05, 0) is 46.2 Å². The topological polar surface area (TPSA) is 29.5 Å². The zero-order valence-corrected chi connectivity index (χ0v) is 26.8. The molecule has 0 aliphatic heterocycles. The first-order chi connectivity index (χ1) is 18.3. The SMILES string of the molecule is CCCCCC(C)(Pc1ccccc1C(C)O)c1cc(C(C)(C)C)cc(C(C)(C)C)c1OCc1ccccc1. The molecule has 0 saturated heterocycles. The first-order valence-corrected chi connectivity index (χ1v) is 15.7. The van der Waals surface area contributed by atoms with E-state index in [0.717, 1.165) is 17.7 Å². The molecular formula is C36H51O2P. The lowest BCUT2D eigenvalue weighted by molar-refractivity contribution is 0.200. The quantitative estimate of drug-likeness (QED) is 0.192. The largest absolute Gasteiger partial charge is 0.488 e. The molecule has 0 radical (unpaired) electrons. The van der Waals surface area contributed by atoms with Crippen molar-refractivity contribution in [1.82, 2.24) is 0 Å². The Balaban J connectivity index is 2.28. The van der Waals surface area contributed by atoms with Gasteiger partial charge >= 0.3 is 0 Å². The molecule has 0 heterocycles. The van der Waals surface area contributed by atoms with Crippen molar-refractivity contribution in [3.8, 4) is 5.75 Å². The number of hydrogen-bond donors (Lipinski definition) is 1. The molecule has 0 aliphatic rings. The van der Waals surface area contributed by atoms with Gasteiger partial charge in [-0.15, -0.1) is 0 Å². The lowest BCUT2D eigenvalue weighted by Gasteiger charge is -2.37. The van der Waals surface area contributed by atoms with E-state index in [1.54, 1.807) is 0 Å². The van der Waals surface area contributed by atoms with Crippen LogP contribution in [-0.4, -0.2) is 5.11 Å². The van der Waals surface area contributed by atoms with E-state index in [9.17, 15) is 5.11 Å². The van der Waals surface area contributed by atoms with Gasteiger partial charge in [-0.25, -0.2) is 0 Å². The van der Waals surface area contributed by atoms with Crippen LogP contribution in [0.1, 0.15) is 122 Å². The van der Waals surface area contributed by atoms with Gasteiger partial charge in [0, 0.05) is 16.3 Å². The molecular weight excluding hydrogens is 495 g/mol. The van der Waals surface area contributed by atoms with Crippen molar-refractivity contribution in [2.75, 3.05) is 0 Å². The second-order valence-electron chi connectivity index (χ2n) is 13.4. The van der Waals surface area contributed by atoms with Crippen LogP contribution in [0.25, 0.3) is 0 Å². The van der Waals surface area contributed by atoms with Gasteiger partial charge < -0.3 is 9.84 Å². The predicted octanol–water partition coefficient (Wildman–Crippen LogP) is 9.71. The van der Waals surface area contributed by atoms with Gasteiger partial charge in [0.2, 0.25) is 0 Å². The van der Waals surface area contributed by atoms with Crippen LogP contribution in [0.15, 0.2) is 66.7 Å². The van der Waals surface area contributed by atoms with Gasteiger partial charge in [-0.1, -0.05) is 150 Å². The summed E-state index contributed by atoms with van der Waals surface area (Å²) >= 11 is 0. The van der Waals surface area contributed by atoms with Gasteiger partial charge in [0.25, 0.3) is 0 Å². The third-order valence-electron chi connectivity index (χ3n) is 7.69. The number of aliphatic hydroxyl groups is 1. The van der Waals surface area contributed by atoms with Gasteiger partial charge in [0.15, 0.2) is 0 Å². The van der Waals surface area contributed by atoms with E-state index in [4.69, 9.17) is 4.74 Å². The summed E-state index contributed by atoms with van der Waals surface area (Å²) < 4.78 is 6.87. The highest BCUT2D eigenvalue weighted by Crippen LogP contribution is 2.52. The van der Waals surface area contributed by atoms with Crippen molar-refractivity contribution in [3.63, 3.8) is 0 Å². The van der Waals surface area contributed by atoms with Gasteiger partial charge in [0.1, 0.15) is 12.4 Å². The number of rotatable bonds is 11. The fraction of sp³-hybridized carbons (Fsp3) is 0.500. The van der Waals surface area contributed by atoms with E-state index >= 15 is 0 Å². The van der Waals surface area contributed by atoms with E-state index in [2.05, 4.69) is 116 Å². The highest BCUT2D eigenvalue weighted by atomic mass is 31.1. The van der Waals surface area contributed by atoms with Crippen LogP contribution >= 0.6 is 8.58 Å². The molecule has 0 aromatic heterocycles. The van der Waals surface area contributed by atoms with Crippen LogP contribution in [0.2, 0.25) is 0 Å². The second kappa shape index (κ2) is 13.0. The molecule has 3 unspecified atom stereocenters. The van der Waals surface area contributed by atoms with Crippen LogP contribution in [0.5, 0.6) is 5.75 Å². The molecule has 39 heavy (non-hydrogen) atoms. The number of unbranched alkanes of at least 4 members (excludes halogenated alkanes) is 2. The minimum atomic E-state index is -0.492. The Bertz CT molecular complexity index is 1200. The van der Waals surface area contributed by atoms with Gasteiger partial charge in [0.05, 0.1) is 6.10 Å². The Kier molecular flexibility index (Phi) is 10.5. The Morgan fingerprint density at radius 3 is 2.00 bits per heavy atom. The first kappa shape index (κ1) is 31.4. The summed E-state index contributed by atoms with van der Waals surface area (Å²) in [4.78, 5) is 0. The molecule has 2 nitrogen and oxygen atoms in total. The molecule has 3 heteroatoms. The summed E-state index contributed by atoms with van der Waals surface area (Å²) in [6, 6.07) is 23.8. The van der Waals surface area contributed by atoms with Crippen molar-refractivity contribution in [2.45, 2.75) is 117 Å². The molecule has 0 amide bonds. The monoisotopic (exact) mass is 546 g/mol. The smallest absolute Gasteiger partial charge is 0.127 e. The van der Waals surface area contributed by atoms with E-state index in [0.29, 0.717) is 15.2 Å². The van der Waals surface area contributed by atoms with Gasteiger partial charge in [-0.3, -0.25) is 0 Å². The Labute approximate surface area is 240 Å². The molecule has 0 bridgehead atoms. The summed E-state index contributed by atoms with van der Waals surface area (Å²) in [5, 5.41) is 11.7. The number of ether oxygens (including phenoxy) is 1. The van der Waals surface area contributed by atoms with E-state index in [1.165, 1.54) is 46.8 Å². The fourth-order valence-corrected chi connectivity index (χ4v) is 7.01. The molecule has 3 rings (SSSR count). The number of hydrogen-bond acceptors (Lipinski definition) is 2. The van der Waals surface area contributed by atoms with Crippen molar-refractivity contribution in [3.05, 3.63) is 94.5 Å². The summed E-state index contributed by atoms with van der Waals surface area (Å²) in [7, 11) is 0.516. The van der Waals surface area contributed by atoms with E-state index in [-0.39, 0.29) is 16.0 Å². The molecule has 3 aromatic carbocycles. The van der Waals surface area contributed by atoms with Crippen molar-refractivity contribution in [1.29, 1.82) is 0 Å². The van der Waals surface area contributed by atoms with Gasteiger partial charge in [-0.2, -0.15) is 0 Å².